The molecule has 0 aliphatic carbocycles. The number of amides is 1. The highest BCUT2D eigenvalue weighted by Crippen LogP contribution is 2.20. The van der Waals surface area contributed by atoms with Gasteiger partial charge in [0, 0.05) is 6.54 Å². The van der Waals surface area contributed by atoms with Crippen molar-refractivity contribution < 1.29 is 22.7 Å². The zero-order chi connectivity index (χ0) is 16.0. The first-order valence-corrected chi connectivity index (χ1v) is 7.54. The third-order valence-corrected chi connectivity index (χ3v) is 3.99. The summed E-state index contributed by atoms with van der Waals surface area (Å²) in [5, 5.41) is 2.46. The van der Waals surface area contributed by atoms with Crippen molar-refractivity contribution in [3.63, 3.8) is 0 Å². The minimum Gasteiger partial charge on any atom is -0.465 e. The van der Waals surface area contributed by atoms with Crippen LogP contribution in [0.1, 0.15) is 17.3 Å². The Morgan fingerprint density at radius 2 is 2.00 bits per heavy atom. The molecule has 0 radical (unpaired) electrons. The summed E-state index contributed by atoms with van der Waals surface area (Å²) < 4.78 is 30.7. The number of carbonyl (C=O) groups excluding carboxylic acids is 2. The number of hydrogen-bond acceptors (Lipinski definition) is 6. The molecule has 0 aliphatic rings. The van der Waals surface area contributed by atoms with E-state index in [9.17, 15) is 18.0 Å². The first-order chi connectivity index (χ1) is 9.81. The fraction of sp³-hybridized carbons (Fsp3) is 0.333. The number of rotatable bonds is 6. The smallest absolute Gasteiger partial charge is 0.337 e. The first kappa shape index (κ1) is 16.9. The molecule has 1 rings (SSSR count). The average Bonchev–Trinajstić information content (AvgIpc) is 2.44. The minimum atomic E-state index is -3.94. The van der Waals surface area contributed by atoms with Crippen LogP contribution in [0.4, 0.5) is 5.69 Å². The molecule has 8 nitrogen and oxygen atoms in total. The summed E-state index contributed by atoms with van der Waals surface area (Å²) in [6.45, 7) is 1.72. The van der Waals surface area contributed by atoms with Crippen LogP contribution in [-0.4, -0.2) is 40.5 Å². The number of hydrogen-bond donors (Lipinski definition) is 3. The van der Waals surface area contributed by atoms with Crippen LogP contribution in [0.2, 0.25) is 0 Å². The predicted molar refractivity (Wildman–Crippen MR) is 76.1 cm³/mol. The highest BCUT2D eigenvalue weighted by molar-refractivity contribution is 7.89. The second kappa shape index (κ2) is 7.04. The molecule has 9 heteroatoms. The number of methoxy groups -OCH3 is 1. The Kier molecular flexibility index (Phi) is 5.68. The summed E-state index contributed by atoms with van der Waals surface area (Å²) in [4.78, 5) is 22.4. The summed E-state index contributed by atoms with van der Waals surface area (Å²) in [6, 6.07) is 3.66. The Labute approximate surface area is 122 Å². The second-order valence-electron chi connectivity index (χ2n) is 4.02. The van der Waals surface area contributed by atoms with Gasteiger partial charge in [-0.3, -0.25) is 4.79 Å². The lowest BCUT2D eigenvalue weighted by Crippen LogP contribution is -2.37. The number of benzene rings is 1. The summed E-state index contributed by atoms with van der Waals surface area (Å²) in [6.07, 6.45) is 0. The molecule has 4 N–H and O–H groups in total. The number of esters is 1. The van der Waals surface area contributed by atoms with Gasteiger partial charge in [0.25, 0.3) is 0 Å². The zero-order valence-corrected chi connectivity index (χ0v) is 12.5. The first-order valence-electron chi connectivity index (χ1n) is 6.06. The molecule has 1 aromatic rings. The largest absolute Gasteiger partial charge is 0.465 e. The lowest BCUT2D eigenvalue weighted by molar-refractivity contribution is -0.119. The molecule has 1 aromatic carbocycles. The van der Waals surface area contributed by atoms with Crippen molar-refractivity contribution in [2.45, 2.75) is 11.8 Å². The predicted octanol–water partition coefficient (Wildman–Crippen LogP) is -0.530. The lowest BCUT2D eigenvalue weighted by atomic mass is 10.2. The van der Waals surface area contributed by atoms with Gasteiger partial charge < -0.3 is 15.8 Å². The Bertz CT molecular complexity index is 642. The summed E-state index contributed by atoms with van der Waals surface area (Å²) in [5.41, 5.74) is 5.66. The molecular weight excluding hydrogens is 298 g/mol. The Morgan fingerprint density at radius 3 is 2.52 bits per heavy atom. The molecular formula is C12H17N3O5S. The van der Waals surface area contributed by atoms with Crippen molar-refractivity contribution in [1.29, 1.82) is 0 Å². The molecule has 0 atom stereocenters. The second-order valence-corrected chi connectivity index (χ2v) is 5.76. The molecule has 0 bridgehead atoms. The molecule has 0 saturated heterocycles. The number of carbonyl (C=O) groups is 2. The van der Waals surface area contributed by atoms with Gasteiger partial charge in [0.15, 0.2) is 0 Å². The number of nitrogens with two attached hydrogens (primary N) is 1. The van der Waals surface area contributed by atoms with Gasteiger partial charge in [-0.1, -0.05) is 0 Å². The van der Waals surface area contributed by atoms with Crippen LogP contribution in [0.25, 0.3) is 0 Å². The molecule has 1 amide bonds. The monoisotopic (exact) mass is 315 g/mol. The highest BCUT2D eigenvalue weighted by Gasteiger charge is 2.19. The van der Waals surface area contributed by atoms with E-state index in [1.807, 2.05) is 0 Å². The Hall–Kier alpha value is -2.13. The van der Waals surface area contributed by atoms with Crippen LogP contribution in [0.15, 0.2) is 23.1 Å². The van der Waals surface area contributed by atoms with Gasteiger partial charge in [-0.2, -0.15) is 0 Å². The third kappa shape index (κ3) is 4.43. The van der Waals surface area contributed by atoms with E-state index < -0.39 is 28.4 Å². The molecule has 21 heavy (non-hydrogen) atoms. The number of ether oxygens (including phenoxy) is 1. The van der Waals surface area contributed by atoms with Crippen molar-refractivity contribution in [1.82, 2.24) is 10.0 Å². The SMILES string of the molecule is CCNC(=O)CNS(=O)(=O)c1ccc(C(=O)OC)cc1N. The Morgan fingerprint density at radius 1 is 1.33 bits per heavy atom. The van der Waals surface area contributed by atoms with E-state index in [0.717, 1.165) is 0 Å². The normalized spacial score (nSPS) is 11.0. The molecule has 0 spiro atoms. The molecule has 116 valence electrons. The van der Waals surface area contributed by atoms with Gasteiger partial charge in [-0.05, 0) is 25.1 Å². The summed E-state index contributed by atoms with van der Waals surface area (Å²) in [7, 11) is -2.74. The van der Waals surface area contributed by atoms with E-state index in [1.165, 1.54) is 25.3 Å². The van der Waals surface area contributed by atoms with Crippen LogP contribution in [0.3, 0.4) is 0 Å². The molecule has 0 saturated carbocycles. The maximum absolute atomic E-state index is 12.0. The number of sulfonamides is 1. The van der Waals surface area contributed by atoms with Gasteiger partial charge in [0.05, 0.1) is 24.9 Å². The lowest BCUT2D eigenvalue weighted by Gasteiger charge is -2.10. The third-order valence-electron chi connectivity index (χ3n) is 2.52. The van der Waals surface area contributed by atoms with Crippen LogP contribution >= 0.6 is 0 Å². The van der Waals surface area contributed by atoms with Crippen molar-refractivity contribution in [2.75, 3.05) is 25.9 Å². The number of nitrogen functional groups attached to an aromatic ring is 1. The van der Waals surface area contributed by atoms with Gasteiger partial charge in [0.2, 0.25) is 15.9 Å². The van der Waals surface area contributed by atoms with E-state index >= 15 is 0 Å². The summed E-state index contributed by atoms with van der Waals surface area (Å²) >= 11 is 0. The van der Waals surface area contributed by atoms with Crippen molar-refractivity contribution in [3.05, 3.63) is 23.8 Å². The van der Waals surface area contributed by atoms with Crippen molar-refractivity contribution in [3.8, 4) is 0 Å². The van der Waals surface area contributed by atoms with Crippen LogP contribution in [-0.2, 0) is 19.6 Å². The van der Waals surface area contributed by atoms with E-state index in [4.69, 9.17) is 5.73 Å². The molecule has 0 aliphatic heterocycles. The fourth-order valence-electron chi connectivity index (χ4n) is 1.54. The molecule has 0 unspecified atom stereocenters. The number of nitrogens with one attached hydrogen (secondary N) is 2. The maximum Gasteiger partial charge on any atom is 0.337 e. The number of likely N-dealkylation sites (N-methyl/N-ethyl adjacent to an activating group) is 1. The van der Waals surface area contributed by atoms with Crippen molar-refractivity contribution in [2.24, 2.45) is 0 Å². The minimum absolute atomic E-state index is 0.110. The number of anilines is 1. The van der Waals surface area contributed by atoms with Crippen molar-refractivity contribution >= 4 is 27.6 Å². The van der Waals surface area contributed by atoms with Gasteiger partial charge in [0.1, 0.15) is 4.90 Å². The van der Waals surface area contributed by atoms with Gasteiger partial charge >= 0.3 is 5.97 Å². The van der Waals surface area contributed by atoms with Crippen LogP contribution in [0, 0.1) is 0 Å². The highest BCUT2D eigenvalue weighted by atomic mass is 32.2. The summed E-state index contributed by atoms with van der Waals surface area (Å²) in [5.74, 6) is -1.08. The van der Waals surface area contributed by atoms with E-state index in [0.29, 0.717) is 6.54 Å². The topological polar surface area (TPSA) is 128 Å². The molecule has 0 heterocycles. The molecule has 0 aromatic heterocycles. The van der Waals surface area contributed by atoms with Gasteiger partial charge in [-0.25, -0.2) is 17.9 Å². The zero-order valence-electron chi connectivity index (χ0n) is 11.7. The van der Waals surface area contributed by atoms with Crippen LogP contribution in [0.5, 0.6) is 0 Å². The van der Waals surface area contributed by atoms with E-state index in [1.54, 1.807) is 6.92 Å². The van der Waals surface area contributed by atoms with Gasteiger partial charge in [-0.15, -0.1) is 0 Å². The quantitative estimate of drug-likeness (QED) is 0.478. The standard InChI is InChI=1S/C12H17N3O5S/c1-3-14-11(16)7-15-21(18,19)10-5-4-8(6-9(10)13)12(17)20-2/h4-6,15H,3,7,13H2,1-2H3,(H,14,16). The van der Waals surface area contributed by atoms with E-state index in [2.05, 4.69) is 14.8 Å². The van der Waals surface area contributed by atoms with E-state index in [-0.39, 0.29) is 16.1 Å². The average molecular weight is 315 g/mol. The molecule has 0 fully saturated rings. The maximum atomic E-state index is 12.0. The Balaban J connectivity index is 2.94. The van der Waals surface area contributed by atoms with Crippen LogP contribution < -0.4 is 15.8 Å². The fourth-order valence-corrected chi connectivity index (χ4v) is 2.63.